The molecule has 1 aliphatic rings. The van der Waals surface area contributed by atoms with E-state index in [1.54, 1.807) is 0 Å². The molecule has 20 rings (SSSR count). The molecule has 0 bridgehead atoms. The van der Waals surface area contributed by atoms with Crippen LogP contribution in [0.3, 0.4) is 0 Å². The molecule has 0 saturated heterocycles. The summed E-state index contributed by atoms with van der Waals surface area (Å²) in [6.45, 7) is 0. The molecule has 0 atom stereocenters. The molecule has 0 amide bonds. The van der Waals surface area contributed by atoms with Crippen LogP contribution in [0.1, 0.15) is 0 Å². The first-order valence-electron chi connectivity index (χ1n) is 33.2. The van der Waals surface area contributed by atoms with Gasteiger partial charge >= 0.3 is 0 Å². The van der Waals surface area contributed by atoms with Crippen molar-refractivity contribution in [2.24, 2.45) is 0 Å². The van der Waals surface area contributed by atoms with E-state index in [0.717, 1.165) is 133 Å². The van der Waals surface area contributed by atoms with Gasteiger partial charge in [0.15, 0.2) is 22.8 Å². The van der Waals surface area contributed by atoms with Crippen LogP contribution in [0.15, 0.2) is 336 Å². The van der Waals surface area contributed by atoms with Gasteiger partial charge in [0.1, 0.15) is 33.6 Å². The van der Waals surface area contributed by atoms with E-state index < -0.39 is 0 Å². The number of hydrogen-bond acceptors (Lipinski definition) is 6. The molecular weight excluding hydrogens is 1190 g/mol. The highest BCUT2D eigenvalue weighted by molar-refractivity contribution is 6.21. The topological polar surface area (TPSA) is 77.8 Å². The van der Waals surface area contributed by atoms with Crippen molar-refractivity contribution in [3.63, 3.8) is 0 Å². The van der Waals surface area contributed by atoms with Crippen LogP contribution in [0.4, 0.5) is 0 Å². The number of aromatic nitrogens is 4. The van der Waals surface area contributed by atoms with Gasteiger partial charge in [0.05, 0.1) is 0 Å². The molecule has 19 aromatic rings. The zero-order valence-electron chi connectivity index (χ0n) is 52.8. The number of rotatable bonds is 10. The minimum Gasteiger partial charge on any atom is -0.452 e. The fraction of sp³-hybridized carbons (Fsp3) is 0. The van der Waals surface area contributed by atoms with Crippen molar-refractivity contribution in [1.29, 1.82) is 0 Å². The van der Waals surface area contributed by atoms with Crippen molar-refractivity contribution < 1.29 is 8.83 Å². The lowest BCUT2D eigenvalue weighted by Crippen LogP contribution is -1.94. The number of para-hydroxylation sites is 1. The van der Waals surface area contributed by atoms with Gasteiger partial charge in [-0.05, 0) is 182 Å². The maximum Gasteiger partial charge on any atom is 0.180 e. The molecule has 0 saturated carbocycles. The van der Waals surface area contributed by atoms with Crippen LogP contribution in [0, 0.1) is 0 Å². The van der Waals surface area contributed by atoms with Crippen molar-refractivity contribution >= 4 is 76.5 Å². The number of hydrogen-bond donors (Lipinski definition) is 0. The van der Waals surface area contributed by atoms with Gasteiger partial charge in [0, 0.05) is 33.0 Å². The standard InChI is InChI=1S/C92H54N4O2/c1-3-20-55(21-4-1)57-25-15-32-66(50-57)86-90-88(96-92(94-86)68-34-16-28-60(51-68)58-26-13-30-62(48-58)69-46-47-77-73-37-10-9-36-72(73)75-41-19-40-74(69)84(75)77)79-45-44-65(54-82(79)98-90)71-39-18-42-76-80(53-64-24-7-8-35-70(64)83(71)76)63-31-14-27-59(49-63)61-29-17-33-67(52-61)91-93-85(56-22-5-2-6-23-56)89-87(95-91)78-38-11-12-43-81(78)97-89/h1-54H. The van der Waals surface area contributed by atoms with Crippen LogP contribution in [0.25, 0.3) is 211 Å². The van der Waals surface area contributed by atoms with E-state index in [9.17, 15) is 0 Å². The van der Waals surface area contributed by atoms with Gasteiger partial charge in [0.2, 0.25) is 0 Å². The average molecular weight is 1250 g/mol. The second kappa shape index (κ2) is 22.2. The second-order valence-electron chi connectivity index (χ2n) is 25.5. The quantitative estimate of drug-likeness (QED) is 0.127. The first kappa shape index (κ1) is 55.3. The molecule has 0 N–H and O–H groups in total. The van der Waals surface area contributed by atoms with Crippen LogP contribution in [0.5, 0.6) is 0 Å². The third-order valence-electron chi connectivity index (χ3n) is 19.8. The number of nitrogens with zero attached hydrogens (tertiary/aromatic N) is 4. The van der Waals surface area contributed by atoms with E-state index >= 15 is 0 Å². The summed E-state index contributed by atoms with van der Waals surface area (Å²) in [5.41, 5.74) is 28.1. The zero-order valence-corrected chi connectivity index (χ0v) is 52.8. The smallest absolute Gasteiger partial charge is 0.180 e. The molecule has 0 unspecified atom stereocenters. The molecule has 454 valence electrons. The van der Waals surface area contributed by atoms with Gasteiger partial charge < -0.3 is 8.83 Å². The lowest BCUT2D eigenvalue weighted by molar-refractivity contribution is 0.667. The third kappa shape index (κ3) is 9.03. The molecule has 0 radical (unpaired) electrons. The Kier molecular flexibility index (Phi) is 12.6. The molecular formula is C92H54N4O2. The van der Waals surface area contributed by atoms with E-state index in [-0.39, 0.29) is 0 Å². The Morgan fingerprint density at radius 2 is 0.602 bits per heavy atom. The van der Waals surface area contributed by atoms with Crippen molar-refractivity contribution in [3.8, 4) is 134 Å². The molecule has 0 aliphatic heterocycles. The number of furan rings is 2. The average Bonchev–Trinajstić information content (AvgIpc) is 1.42. The molecule has 1 aliphatic carbocycles. The number of fused-ring (bicyclic) bond motifs is 12. The number of benzene rings is 15. The Balaban J connectivity index is 0.690. The summed E-state index contributed by atoms with van der Waals surface area (Å²) in [6, 6.07) is 117. The van der Waals surface area contributed by atoms with Crippen molar-refractivity contribution in [2.45, 2.75) is 0 Å². The second-order valence-corrected chi connectivity index (χ2v) is 25.5. The van der Waals surface area contributed by atoms with Crippen molar-refractivity contribution in [1.82, 2.24) is 19.9 Å². The first-order valence-corrected chi connectivity index (χ1v) is 33.2. The van der Waals surface area contributed by atoms with Crippen LogP contribution in [-0.4, -0.2) is 19.9 Å². The maximum absolute atomic E-state index is 7.16. The Bertz CT molecular complexity index is 6470. The van der Waals surface area contributed by atoms with E-state index in [2.05, 4.69) is 291 Å². The molecule has 98 heavy (non-hydrogen) atoms. The van der Waals surface area contributed by atoms with Crippen LogP contribution >= 0.6 is 0 Å². The van der Waals surface area contributed by atoms with Crippen LogP contribution in [0.2, 0.25) is 0 Å². The predicted molar refractivity (Wildman–Crippen MR) is 403 cm³/mol. The van der Waals surface area contributed by atoms with Gasteiger partial charge in [-0.3, -0.25) is 0 Å². The minimum absolute atomic E-state index is 0.617. The highest BCUT2D eigenvalue weighted by atomic mass is 16.3. The largest absolute Gasteiger partial charge is 0.452 e. The van der Waals surface area contributed by atoms with Crippen LogP contribution in [-0.2, 0) is 0 Å². The van der Waals surface area contributed by atoms with Gasteiger partial charge in [-0.2, -0.15) is 0 Å². The molecule has 6 heteroatoms. The molecule has 6 nitrogen and oxygen atoms in total. The van der Waals surface area contributed by atoms with Crippen molar-refractivity contribution in [3.05, 3.63) is 328 Å². The highest BCUT2D eigenvalue weighted by Crippen LogP contribution is 2.50. The van der Waals surface area contributed by atoms with E-state index in [1.165, 1.54) is 54.9 Å². The summed E-state index contributed by atoms with van der Waals surface area (Å²) in [5.74, 6) is 1.25. The minimum atomic E-state index is 0.617. The molecule has 15 aromatic carbocycles. The lowest BCUT2D eigenvalue weighted by atomic mass is 9.88. The highest BCUT2D eigenvalue weighted by Gasteiger charge is 2.25. The third-order valence-corrected chi connectivity index (χ3v) is 19.8. The fourth-order valence-electron chi connectivity index (χ4n) is 15.2. The lowest BCUT2D eigenvalue weighted by Gasteiger charge is -2.16. The Labute approximate surface area is 563 Å². The first-order chi connectivity index (χ1) is 48.5. The summed E-state index contributed by atoms with van der Waals surface area (Å²) >= 11 is 0. The SMILES string of the molecule is c1ccc(-c2cccc(-c3nc(-c4cccc(-c5cccc(-c6ccc7c8c(cccc68)-c6ccccc6-7)c5)c4)nc4c3oc3cc(-c5cccc6c(-c7cccc(-c8cccc(-c9nc(-c%10ccccc%10)c%10oc%11ccccc%11c%10n9)c8)c7)cc7ccccc7c56)ccc34)c2)cc1. The van der Waals surface area contributed by atoms with Gasteiger partial charge in [-0.25, -0.2) is 19.9 Å². The summed E-state index contributed by atoms with van der Waals surface area (Å²) in [7, 11) is 0. The molecule has 4 aromatic heterocycles. The normalized spacial score (nSPS) is 11.9. The zero-order chi connectivity index (χ0) is 64.4. The van der Waals surface area contributed by atoms with Crippen molar-refractivity contribution in [2.75, 3.05) is 0 Å². The summed E-state index contributed by atoms with van der Waals surface area (Å²) in [4.78, 5) is 21.4. The Hall–Kier alpha value is -13.2. The Morgan fingerprint density at radius 1 is 0.194 bits per heavy atom. The van der Waals surface area contributed by atoms with Crippen LogP contribution < -0.4 is 0 Å². The maximum atomic E-state index is 7.16. The summed E-state index contributed by atoms with van der Waals surface area (Å²) in [6.07, 6.45) is 0. The molecule has 0 spiro atoms. The van der Waals surface area contributed by atoms with Gasteiger partial charge in [0.25, 0.3) is 0 Å². The summed E-state index contributed by atoms with van der Waals surface area (Å²) < 4.78 is 13.6. The molecule has 4 heterocycles. The molecule has 0 fully saturated rings. The van der Waals surface area contributed by atoms with E-state index in [4.69, 9.17) is 28.8 Å². The monoisotopic (exact) mass is 1250 g/mol. The van der Waals surface area contributed by atoms with E-state index in [1.807, 2.05) is 36.4 Å². The predicted octanol–water partition coefficient (Wildman–Crippen LogP) is 24.8. The fourth-order valence-corrected chi connectivity index (χ4v) is 15.2. The Morgan fingerprint density at radius 3 is 1.27 bits per heavy atom. The van der Waals surface area contributed by atoms with Gasteiger partial charge in [-0.1, -0.05) is 267 Å². The van der Waals surface area contributed by atoms with Gasteiger partial charge in [-0.15, -0.1) is 0 Å². The van der Waals surface area contributed by atoms with E-state index in [0.29, 0.717) is 22.8 Å². The summed E-state index contributed by atoms with van der Waals surface area (Å²) in [5, 5.41) is 9.09.